The minimum Gasteiger partial charge on any atom is -0.354 e. The zero-order valence-electron chi connectivity index (χ0n) is 9.12. The van der Waals surface area contributed by atoms with Crippen LogP contribution in [0, 0.1) is 0 Å². The van der Waals surface area contributed by atoms with Crippen molar-refractivity contribution in [2.45, 2.75) is 38.5 Å². The highest BCUT2D eigenvalue weighted by Gasteiger charge is 2.23. The number of fused-ring (bicyclic) bond motifs is 1. The second-order valence-electron chi connectivity index (χ2n) is 4.56. The molecule has 0 radical (unpaired) electrons. The monoisotopic (exact) mass is 203 g/mol. The van der Waals surface area contributed by atoms with Gasteiger partial charge in [-0.15, -0.1) is 0 Å². The van der Waals surface area contributed by atoms with Crippen molar-refractivity contribution in [3.8, 4) is 0 Å². The largest absolute Gasteiger partial charge is 0.354 e. The van der Waals surface area contributed by atoms with Crippen LogP contribution < -0.4 is 5.32 Å². The summed E-state index contributed by atoms with van der Waals surface area (Å²) < 4.78 is 5.80. The number of hydrogen-bond donors (Lipinski definition) is 1. The molecule has 1 aromatic rings. The van der Waals surface area contributed by atoms with Crippen LogP contribution in [0.5, 0.6) is 0 Å². The van der Waals surface area contributed by atoms with Crippen LogP contribution in [0.2, 0.25) is 0 Å². The van der Waals surface area contributed by atoms with Gasteiger partial charge in [0.15, 0.2) is 0 Å². The van der Waals surface area contributed by atoms with Crippen LogP contribution in [0.15, 0.2) is 18.2 Å². The molecular formula is C13H17NO. The first kappa shape index (κ1) is 9.37. The second kappa shape index (κ2) is 3.62. The smallest absolute Gasteiger partial charge is 0.106 e. The number of ether oxygens (including phenoxy) is 1. The Bertz CT molecular complexity index is 375. The summed E-state index contributed by atoms with van der Waals surface area (Å²) in [5.74, 6) is 0. The molecule has 1 aliphatic carbocycles. The van der Waals surface area contributed by atoms with Crippen LogP contribution in [0.3, 0.4) is 0 Å². The van der Waals surface area contributed by atoms with E-state index in [1.54, 1.807) is 0 Å². The summed E-state index contributed by atoms with van der Waals surface area (Å²) in [6, 6.07) is 6.85. The molecule has 0 aromatic heterocycles. The molecule has 1 N–H and O–H groups in total. The van der Waals surface area contributed by atoms with Gasteiger partial charge in [-0.25, -0.2) is 0 Å². The normalized spacial score (nSPS) is 29.4. The van der Waals surface area contributed by atoms with Gasteiger partial charge < -0.3 is 4.74 Å². The molecule has 0 bridgehead atoms. The van der Waals surface area contributed by atoms with Gasteiger partial charge in [-0.3, -0.25) is 5.32 Å². The molecule has 15 heavy (non-hydrogen) atoms. The quantitative estimate of drug-likeness (QED) is 0.755. The average molecular weight is 203 g/mol. The van der Waals surface area contributed by atoms with E-state index in [1.807, 2.05) is 0 Å². The third-order valence-electron chi connectivity index (χ3n) is 3.45. The lowest BCUT2D eigenvalue weighted by atomic mass is 10.0. The van der Waals surface area contributed by atoms with Gasteiger partial charge in [0.05, 0.1) is 6.10 Å². The minimum atomic E-state index is 0.197. The first-order valence-electron chi connectivity index (χ1n) is 5.83. The number of aryl methyl sites for hydroxylation is 2. The summed E-state index contributed by atoms with van der Waals surface area (Å²) in [7, 11) is 0. The zero-order valence-corrected chi connectivity index (χ0v) is 9.12. The van der Waals surface area contributed by atoms with Gasteiger partial charge in [0, 0.05) is 6.54 Å². The van der Waals surface area contributed by atoms with Crippen molar-refractivity contribution >= 4 is 0 Å². The van der Waals surface area contributed by atoms with E-state index in [1.165, 1.54) is 36.0 Å². The highest BCUT2D eigenvalue weighted by molar-refractivity contribution is 5.36. The van der Waals surface area contributed by atoms with Gasteiger partial charge in [-0.2, -0.15) is 0 Å². The van der Waals surface area contributed by atoms with E-state index in [2.05, 4.69) is 30.4 Å². The second-order valence-corrected chi connectivity index (χ2v) is 4.56. The Morgan fingerprint density at radius 2 is 2.13 bits per heavy atom. The summed E-state index contributed by atoms with van der Waals surface area (Å²) >= 11 is 0. The molecule has 2 atom stereocenters. The van der Waals surface area contributed by atoms with Crippen LogP contribution >= 0.6 is 0 Å². The summed E-state index contributed by atoms with van der Waals surface area (Å²) in [6.45, 7) is 3.01. The third-order valence-corrected chi connectivity index (χ3v) is 3.45. The molecule has 1 aliphatic heterocycles. The maximum Gasteiger partial charge on any atom is 0.106 e. The molecular weight excluding hydrogens is 186 g/mol. The van der Waals surface area contributed by atoms with E-state index >= 15 is 0 Å². The molecule has 1 aromatic carbocycles. The van der Waals surface area contributed by atoms with Gasteiger partial charge in [-0.05, 0) is 42.9 Å². The molecule has 0 saturated carbocycles. The molecule has 0 amide bonds. The Hall–Kier alpha value is -0.860. The Morgan fingerprint density at radius 3 is 2.93 bits per heavy atom. The van der Waals surface area contributed by atoms with Crippen LogP contribution in [-0.4, -0.2) is 12.8 Å². The summed E-state index contributed by atoms with van der Waals surface area (Å²) in [5, 5.41) is 3.31. The van der Waals surface area contributed by atoms with Crippen molar-refractivity contribution in [1.29, 1.82) is 0 Å². The van der Waals surface area contributed by atoms with Gasteiger partial charge >= 0.3 is 0 Å². The van der Waals surface area contributed by atoms with E-state index in [0.717, 1.165) is 6.54 Å². The maximum atomic E-state index is 5.80. The lowest BCUT2D eigenvalue weighted by molar-refractivity contribution is 0.0529. The van der Waals surface area contributed by atoms with Crippen molar-refractivity contribution < 1.29 is 4.74 Å². The highest BCUT2D eigenvalue weighted by Crippen LogP contribution is 2.28. The van der Waals surface area contributed by atoms with Gasteiger partial charge in [0.1, 0.15) is 6.23 Å². The van der Waals surface area contributed by atoms with Crippen molar-refractivity contribution in [1.82, 2.24) is 5.32 Å². The fraction of sp³-hybridized carbons (Fsp3) is 0.538. The Kier molecular flexibility index (Phi) is 2.26. The number of nitrogens with one attached hydrogen (secondary N) is 1. The molecule has 3 rings (SSSR count). The van der Waals surface area contributed by atoms with E-state index in [9.17, 15) is 0 Å². The Balaban J connectivity index is 1.87. The summed E-state index contributed by atoms with van der Waals surface area (Å²) in [6.07, 6.45) is 4.28. The van der Waals surface area contributed by atoms with E-state index in [4.69, 9.17) is 4.74 Å². The predicted molar refractivity (Wildman–Crippen MR) is 59.8 cm³/mol. The van der Waals surface area contributed by atoms with Crippen molar-refractivity contribution in [3.05, 3.63) is 34.9 Å². The van der Waals surface area contributed by atoms with Gasteiger partial charge in [0.25, 0.3) is 0 Å². The standard InChI is InChI=1S/C13H17NO/c1-9-14-8-13(15-9)12-6-5-10-3-2-4-11(10)7-12/h5-7,9,13-14H,2-4,8H2,1H3. The lowest BCUT2D eigenvalue weighted by Crippen LogP contribution is -2.17. The zero-order chi connectivity index (χ0) is 10.3. The van der Waals surface area contributed by atoms with Crippen molar-refractivity contribution in [3.63, 3.8) is 0 Å². The molecule has 2 aliphatic rings. The SMILES string of the molecule is CC1NCC(c2ccc3c(c2)CCC3)O1. The third kappa shape index (κ3) is 1.68. The lowest BCUT2D eigenvalue weighted by Gasteiger charge is -2.11. The molecule has 1 saturated heterocycles. The summed E-state index contributed by atoms with van der Waals surface area (Å²) in [4.78, 5) is 0. The first-order valence-corrected chi connectivity index (χ1v) is 5.83. The predicted octanol–water partition coefficient (Wildman–Crippen LogP) is 2.18. The summed E-state index contributed by atoms with van der Waals surface area (Å²) in [5.41, 5.74) is 4.42. The molecule has 80 valence electrons. The Labute approximate surface area is 90.6 Å². The number of benzene rings is 1. The molecule has 2 unspecified atom stereocenters. The van der Waals surface area contributed by atoms with Crippen LogP contribution in [0.25, 0.3) is 0 Å². The molecule has 0 spiro atoms. The van der Waals surface area contributed by atoms with E-state index in [0.29, 0.717) is 0 Å². The number of rotatable bonds is 1. The minimum absolute atomic E-state index is 0.197. The van der Waals surface area contributed by atoms with Crippen molar-refractivity contribution in [2.24, 2.45) is 0 Å². The maximum absolute atomic E-state index is 5.80. The fourth-order valence-corrected chi connectivity index (χ4v) is 2.60. The first-order chi connectivity index (χ1) is 7.33. The molecule has 2 nitrogen and oxygen atoms in total. The van der Waals surface area contributed by atoms with Crippen LogP contribution in [-0.2, 0) is 17.6 Å². The van der Waals surface area contributed by atoms with E-state index < -0.39 is 0 Å². The average Bonchev–Trinajstić information content (AvgIpc) is 2.84. The fourth-order valence-electron chi connectivity index (χ4n) is 2.60. The topological polar surface area (TPSA) is 21.3 Å². The van der Waals surface area contributed by atoms with Crippen LogP contribution in [0.4, 0.5) is 0 Å². The molecule has 2 heteroatoms. The van der Waals surface area contributed by atoms with Gasteiger partial charge in [0.2, 0.25) is 0 Å². The van der Waals surface area contributed by atoms with E-state index in [-0.39, 0.29) is 12.3 Å². The number of hydrogen-bond acceptors (Lipinski definition) is 2. The Morgan fingerprint density at radius 1 is 1.27 bits per heavy atom. The molecule has 1 heterocycles. The van der Waals surface area contributed by atoms with Gasteiger partial charge in [-0.1, -0.05) is 18.2 Å². The highest BCUT2D eigenvalue weighted by atomic mass is 16.5. The van der Waals surface area contributed by atoms with Crippen LogP contribution in [0.1, 0.15) is 36.1 Å². The van der Waals surface area contributed by atoms with Crippen molar-refractivity contribution in [2.75, 3.05) is 6.54 Å². The molecule has 1 fully saturated rings.